The summed E-state index contributed by atoms with van der Waals surface area (Å²) in [4.78, 5) is 0. The number of thiophene rings is 1. The summed E-state index contributed by atoms with van der Waals surface area (Å²) < 4.78 is 2.45. The van der Waals surface area contributed by atoms with Gasteiger partial charge in [0, 0.05) is 20.2 Å². The molecular weight excluding hydrogens is 275 g/mol. The van der Waals surface area contributed by atoms with Crippen LogP contribution in [0.4, 0.5) is 11.4 Å². The van der Waals surface area contributed by atoms with Gasteiger partial charge in [0.1, 0.15) is 0 Å². The maximum Gasteiger partial charge on any atom is 0.0642 e. The highest BCUT2D eigenvalue weighted by Crippen LogP contribution is 2.39. The lowest BCUT2D eigenvalue weighted by Crippen LogP contribution is -1.93. The molecule has 0 aliphatic heterocycles. The van der Waals surface area contributed by atoms with E-state index in [1.807, 2.05) is 24.3 Å². The summed E-state index contributed by atoms with van der Waals surface area (Å²) in [7, 11) is 0. The second-order valence-electron chi connectivity index (χ2n) is 3.54. The molecule has 0 spiro atoms. The number of benzene rings is 2. The van der Waals surface area contributed by atoms with Crippen molar-refractivity contribution in [2.75, 3.05) is 11.5 Å². The molecule has 2 nitrogen and oxygen atoms in total. The Balaban J connectivity index is 0.000000722. The monoisotopic (exact) mass is 286 g/mol. The lowest BCUT2D eigenvalue weighted by molar-refractivity contribution is 1.76. The van der Waals surface area contributed by atoms with E-state index in [4.69, 9.17) is 11.5 Å². The molecule has 2 aromatic carbocycles. The lowest BCUT2D eigenvalue weighted by Gasteiger charge is -2.01. The van der Waals surface area contributed by atoms with Crippen LogP contribution in [0.25, 0.3) is 20.2 Å². The van der Waals surface area contributed by atoms with Gasteiger partial charge in [-0.2, -0.15) is 0 Å². The molecule has 5 heteroatoms. The normalized spacial score (nSPS) is 9.88. The van der Waals surface area contributed by atoms with Crippen molar-refractivity contribution in [3.8, 4) is 0 Å². The van der Waals surface area contributed by atoms with Gasteiger partial charge in [-0.05, 0) is 18.2 Å². The minimum atomic E-state index is 0. The number of anilines is 2. The van der Waals surface area contributed by atoms with Crippen LogP contribution in [-0.4, -0.2) is 0 Å². The fourth-order valence-electron chi connectivity index (χ4n) is 1.86. The van der Waals surface area contributed by atoms with Gasteiger partial charge in [0.2, 0.25) is 0 Å². The van der Waals surface area contributed by atoms with E-state index in [1.54, 1.807) is 11.3 Å². The average Bonchev–Trinajstić information content (AvgIpc) is 2.62. The van der Waals surface area contributed by atoms with Gasteiger partial charge < -0.3 is 11.5 Å². The van der Waals surface area contributed by atoms with Gasteiger partial charge in [-0.1, -0.05) is 18.2 Å². The van der Waals surface area contributed by atoms with Gasteiger partial charge >= 0.3 is 0 Å². The first-order valence-corrected chi connectivity index (χ1v) is 5.54. The van der Waals surface area contributed by atoms with E-state index in [0.29, 0.717) is 11.4 Å². The Kier molecular flexibility index (Phi) is 4.09. The van der Waals surface area contributed by atoms with E-state index in [-0.39, 0.29) is 24.8 Å². The summed E-state index contributed by atoms with van der Waals surface area (Å²) in [5, 5.41) is 2.29. The molecule has 17 heavy (non-hydrogen) atoms. The van der Waals surface area contributed by atoms with Crippen LogP contribution in [-0.2, 0) is 0 Å². The number of halogens is 2. The number of fused-ring (bicyclic) bond motifs is 3. The summed E-state index contributed by atoms with van der Waals surface area (Å²) in [5.41, 5.74) is 13.2. The Morgan fingerprint density at radius 3 is 2.29 bits per heavy atom. The molecule has 1 aromatic heterocycles. The molecule has 0 saturated carbocycles. The summed E-state index contributed by atoms with van der Waals surface area (Å²) in [5.74, 6) is 0. The van der Waals surface area contributed by atoms with Gasteiger partial charge in [0.15, 0.2) is 0 Å². The van der Waals surface area contributed by atoms with Crippen LogP contribution in [0.5, 0.6) is 0 Å². The van der Waals surface area contributed by atoms with Gasteiger partial charge in [0.25, 0.3) is 0 Å². The number of hydrogen-bond donors (Lipinski definition) is 2. The van der Waals surface area contributed by atoms with Crippen LogP contribution in [0.2, 0.25) is 0 Å². The van der Waals surface area contributed by atoms with E-state index in [0.717, 1.165) is 5.39 Å². The molecule has 3 aromatic rings. The lowest BCUT2D eigenvalue weighted by atomic mass is 10.1. The van der Waals surface area contributed by atoms with Crippen LogP contribution < -0.4 is 11.5 Å². The molecular formula is C12H12Cl2N2S. The number of nitrogens with two attached hydrogens (primary N) is 2. The Morgan fingerprint density at radius 2 is 1.53 bits per heavy atom. The topological polar surface area (TPSA) is 52.0 Å². The van der Waals surface area contributed by atoms with Crippen molar-refractivity contribution in [2.45, 2.75) is 0 Å². The summed E-state index contributed by atoms with van der Waals surface area (Å²) in [6.45, 7) is 0. The number of rotatable bonds is 0. The van der Waals surface area contributed by atoms with Crippen molar-refractivity contribution in [1.82, 2.24) is 0 Å². The highest BCUT2D eigenvalue weighted by molar-refractivity contribution is 7.26. The Labute approximate surface area is 115 Å². The van der Waals surface area contributed by atoms with Crippen LogP contribution in [0.3, 0.4) is 0 Å². The molecule has 0 saturated heterocycles. The molecule has 1 heterocycles. The predicted molar refractivity (Wildman–Crippen MR) is 82.7 cm³/mol. The molecule has 0 bridgehead atoms. The molecule has 3 rings (SSSR count). The summed E-state index contributed by atoms with van der Waals surface area (Å²) >= 11 is 1.75. The van der Waals surface area contributed by atoms with Crippen molar-refractivity contribution in [2.24, 2.45) is 0 Å². The van der Waals surface area contributed by atoms with Crippen molar-refractivity contribution >= 4 is 67.7 Å². The summed E-state index contributed by atoms with van der Waals surface area (Å²) in [6, 6.07) is 12.2. The van der Waals surface area contributed by atoms with Crippen molar-refractivity contribution in [3.05, 3.63) is 36.4 Å². The van der Waals surface area contributed by atoms with Crippen LogP contribution in [0.15, 0.2) is 36.4 Å². The highest BCUT2D eigenvalue weighted by atomic mass is 35.5. The second kappa shape index (κ2) is 5.00. The fourth-order valence-corrected chi connectivity index (χ4v) is 2.98. The van der Waals surface area contributed by atoms with E-state index < -0.39 is 0 Å². The third-order valence-corrected chi connectivity index (χ3v) is 3.75. The highest BCUT2D eigenvalue weighted by Gasteiger charge is 2.08. The van der Waals surface area contributed by atoms with E-state index in [1.165, 1.54) is 14.8 Å². The molecule has 90 valence electrons. The summed E-state index contributed by atoms with van der Waals surface area (Å²) in [6.07, 6.45) is 0. The van der Waals surface area contributed by atoms with E-state index in [2.05, 4.69) is 12.1 Å². The Hall–Kier alpha value is -1.16. The first-order chi connectivity index (χ1) is 7.27. The zero-order valence-corrected chi connectivity index (χ0v) is 11.3. The first kappa shape index (κ1) is 13.9. The third-order valence-electron chi connectivity index (χ3n) is 2.62. The van der Waals surface area contributed by atoms with Crippen LogP contribution in [0, 0.1) is 0 Å². The fraction of sp³-hybridized carbons (Fsp3) is 0. The van der Waals surface area contributed by atoms with Crippen molar-refractivity contribution in [1.29, 1.82) is 0 Å². The second-order valence-corrected chi connectivity index (χ2v) is 4.62. The van der Waals surface area contributed by atoms with E-state index in [9.17, 15) is 0 Å². The number of nitrogen functional groups attached to an aromatic ring is 2. The van der Waals surface area contributed by atoms with Gasteiger partial charge in [-0.3, -0.25) is 0 Å². The molecule has 0 aliphatic carbocycles. The smallest absolute Gasteiger partial charge is 0.0642 e. The molecule has 0 unspecified atom stereocenters. The minimum Gasteiger partial charge on any atom is -0.397 e. The van der Waals surface area contributed by atoms with Crippen molar-refractivity contribution in [3.63, 3.8) is 0 Å². The molecule has 0 atom stereocenters. The standard InChI is InChI=1S/C12H10N2S.2ClH/c13-8-5-6-10-11(12(8)14)7-3-1-2-4-9(7)15-10;;/h1-6H,13-14H2;2*1H. The SMILES string of the molecule is Cl.Cl.Nc1ccc2sc3ccccc3c2c1N. The first-order valence-electron chi connectivity index (χ1n) is 4.72. The maximum absolute atomic E-state index is 6.01. The minimum absolute atomic E-state index is 0. The number of hydrogen-bond acceptors (Lipinski definition) is 3. The molecule has 4 N–H and O–H groups in total. The molecule has 0 fully saturated rings. The zero-order chi connectivity index (χ0) is 10.4. The maximum atomic E-state index is 6.01. The van der Waals surface area contributed by atoms with Gasteiger partial charge in [-0.25, -0.2) is 0 Å². The predicted octanol–water partition coefficient (Wildman–Crippen LogP) is 4.06. The van der Waals surface area contributed by atoms with Crippen LogP contribution >= 0.6 is 36.2 Å². The van der Waals surface area contributed by atoms with Gasteiger partial charge in [0.05, 0.1) is 11.4 Å². The Bertz CT molecular complexity index is 664. The third kappa shape index (κ3) is 2.02. The largest absolute Gasteiger partial charge is 0.397 e. The van der Waals surface area contributed by atoms with Gasteiger partial charge in [-0.15, -0.1) is 36.2 Å². The molecule has 0 aliphatic rings. The van der Waals surface area contributed by atoms with E-state index >= 15 is 0 Å². The van der Waals surface area contributed by atoms with Crippen molar-refractivity contribution < 1.29 is 0 Å². The molecule has 0 amide bonds. The average molecular weight is 287 g/mol. The zero-order valence-electron chi connectivity index (χ0n) is 8.84. The van der Waals surface area contributed by atoms with Crippen LogP contribution in [0.1, 0.15) is 0 Å². The molecule has 0 radical (unpaired) electrons. The Morgan fingerprint density at radius 1 is 0.824 bits per heavy atom. The quantitative estimate of drug-likeness (QED) is 0.612.